The number of piperidine rings is 1. The molecule has 0 amide bonds. The number of aryl methyl sites for hydroxylation is 2. The van der Waals surface area contributed by atoms with E-state index in [4.69, 9.17) is 18.6 Å². The number of hydrogen-bond donors (Lipinski definition) is 3. The lowest BCUT2D eigenvalue weighted by atomic mass is 9.73. The third kappa shape index (κ3) is 8.17. The number of benzene rings is 3. The summed E-state index contributed by atoms with van der Waals surface area (Å²) in [4.78, 5) is -0.133. The predicted octanol–water partition coefficient (Wildman–Crippen LogP) is 5.06. The van der Waals surface area contributed by atoms with Crippen molar-refractivity contribution < 1.29 is 35.4 Å². The van der Waals surface area contributed by atoms with Gasteiger partial charge in [0.25, 0.3) is 20.2 Å². The molecule has 0 bridgehead atoms. The fourth-order valence-corrected chi connectivity index (χ4v) is 5.90. The first-order valence-corrected chi connectivity index (χ1v) is 16.1. The van der Waals surface area contributed by atoms with Crippen LogP contribution in [0.5, 0.6) is 5.75 Å². The molecule has 1 saturated heterocycles. The van der Waals surface area contributed by atoms with Crippen LogP contribution >= 0.6 is 0 Å². The van der Waals surface area contributed by atoms with Crippen LogP contribution < -0.4 is 10.1 Å². The summed E-state index contributed by atoms with van der Waals surface area (Å²) < 4.78 is 71.2. The Labute approximate surface area is 241 Å². The van der Waals surface area contributed by atoms with Gasteiger partial charge in [-0.1, -0.05) is 47.5 Å². The molecule has 0 unspecified atom stereocenters. The van der Waals surface area contributed by atoms with E-state index in [0.717, 1.165) is 54.3 Å². The molecule has 3 heterocycles. The maximum Gasteiger partial charge on any atom is 0.294 e. The number of ether oxygens (including phenoxy) is 2. The van der Waals surface area contributed by atoms with E-state index in [9.17, 15) is 16.8 Å². The summed E-state index contributed by atoms with van der Waals surface area (Å²) >= 11 is 0. The average Bonchev–Trinajstić information content (AvgIpc) is 2.93. The molecule has 41 heavy (non-hydrogen) atoms. The molecule has 1 spiro atoms. The maximum absolute atomic E-state index is 10.5. The highest BCUT2D eigenvalue weighted by Crippen LogP contribution is 2.46. The van der Waals surface area contributed by atoms with E-state index in [-0.39, 0.29) is 9.79 Å². The molecule has 11 heteroatoms. The Balaban J connectivity index is 0.000000153. The molecular formula is C30H35NO8S2. The minimum Gasteiger partial charge on any atom is -0.492 e. The van der Waals surface area contributed by atoms with Gasteiger partial charge in [0.05, 0.1) is 22.0 Å². The van der Waals surface area contributed by atoms with Gasteiger partial charge < -0.3 is 14.8 Å². The van der Waals surface area contributed by atoms with Crippen molar-refractivity contribution in [3.05, 3.63) is 95.1 Å². The van der Waals surface area contributed by atoms with Crippen molar-refractivity contribution in [2.24, 2.45) is 5.41 Å². The largest absolute Gasteiger partial charge is 0.492 e. The van der Waals surface area contributed by atoms with Crippen molar-refractivity contribution in [3.8, 4) is 5.75 Å². The smallest absolute Gasteiger partial charge is 0.294 e. The molecular weight excluding hydrogens is 566 g/mol. The molecule has 0 saturated carbocycles. The van der Waals surface area contributed by atoms with Crippen LogP contribution in [0.2, 0.25) is 0 Å². The molecule has 6 rings (SSSR count). The lowest BCUT2D eigenvalue weighted by Crippen LogP contribution is -2.42. The van der Waals surface area contributed by atoms with Crippen molar-refractivity contribution in [2.75, 3.05) is 26.3 Å². The van der Waals surface area contributed by atoms with Crippen LogP contribution in [-0.4, -0.2) is 52.2 Å². The Morgan fingerprint density at radius 1 is 0.732 bits per heavy atom. The quantitative estimate of drug-likeness (QED) is 0.344. The lowest BCUT2D eigenvalue weighted by molar-refractivity contribution is 0.0635. The molecule has 9 nitrogen and oxygen atoms in total. The van der Waals surface area contributed by atoms with E-state index in [1.165, 1.54) is 42.7 Å². The first kappa shape index (κ1) is 30.7. The third-order valence-corrected chi connectivity index (χ3v) is 9.00. The molecule has 0 aliphatic carbocycles. The number of fused-ring (bicyclic) bond motifs is 2. The highest BCUT2D eigenvalue weighted by molar-refractivity contribution is 7.86. The second-order valence-corrected chi connectivity index (χ2v) is 13.4. The van der Waals surface area contributed by atoms with Gasteiger partial charge in [-0.05, 0) is 82.6 Å². The van der Waals surface area contributed by atoms with Crippen LogP contribution in [-0.2, 0) is 25.0 Å². The molecule has 0 radical (unpaired) electrons. The predicted molar refractivity (Wildman–Crippen MR) is 156 cm³/mol. The molecule has 3 aliphatic heterocycles. The van der Waals surface area contributed by atoms with E-state index in [2.05, 4.69) is 17.4 Å². The summed E-state index contributed by atoms with van der Waals surface area (Å²) in [7, 11) is -8.04. The van der Waals surface area contributed by atoms with E-state index in [1.54, 1.807) is 24.3 Å². The normalized spacial score (nSPS) is 17.4. The van der Waals surface area contributed by atoms with Crippen molar-refractivity contribution in [1.82, 2.24) is 5.32 Å². The van der Waals surface area contributed by atoms with Crippen molar-refractivity contribution >= 4 is 26.0 Å². The molecule has 1 fully saturated rings. The van der Waals surface area contributed by atoms with Gasteiger partial charge in [-0.2, -0.15) is 16.8 Å². The summed E-state index contributed by atoms with van der Waals surface area (Å²) in [6, 6.07) is 20.2. The number of nitrogens with one attached hydrogen (secondary N) is 1. The fraction of sp³-hybridized carbons (Fsp3) is 0.333. The number of para-hydroxylation sites is 1. The zero-order valence-corrected chi connectivity index (χ0v) is 24.7. The average molecular weight is 602 g/mol. The van der Waals surface area contributed by atoms with E-state index in [0.29, 0.717) is 12.0 Å². The fourth-order valence-electron chi connectivity index (χ4n) is 4.94. The van der Waals surface area contributed by atoms with Crippen LogP contribution in [0.3, 0.4) is 0 Å². The zero-order chi connectivity index (χ0) is 29.7. The summed E-state index contributed by atoms with van der Waals surface area (Å²) in [5.41, 5.74) is 4.74. The minimum atomic E-state index is -4.02. The van der Waals surface area contributed by atoms with Crippen LogP contribution in [0, 0.1) is 19.3 Å². The highest BCUT2D eigenvalue weighted by Gasteiger charge is 2.40. The lowest BCUT2D eigenvalue weighted by Gasteiger charge is -2.43. The van der Waals surface area contributed by atoms with Crippen LogP contribution in [0.1, 0.15) is 36.0 Å². The van der Waals surface area contributed by atoms with Crippen molar-refractivity contribution in [3.63, 3.8) is 0 Å². The van der Waals surface area contributed by atoms with Gasteiger partial charge in [-0.25, -0.2) is 0 Å². The second-order valence-electron chi connectivity index (χ2n) is 10.5. The van der Waals surface area contributed by atoms with Crippen LogP contribution in [0.25, 0.3) is 5.76 Å². The summed E-state index contributed by atoms with van der Waals surface area (Å²) in [6.07, 6.45) is 3.56. The van der Waals surface area contributed by atoms with Crippen LogP contribution in [0.4, 0.5) is 0 Å². The van der Waals surface area contributed by atoms with Crippen molar-refractivity contribution in [1.29, 1.82) is 0 Å². The first-order chi connectivity index (χ1) is 19.4. The Morgan fingerprint density at radius 3 is 1.76 bits per heavy atom. The Hall–Kier alpha value is -3.22. The monoisotopic (exact) mass is 601 g/mol. The Morgan fingerprint density at radius 2 is 1.24 bits per heavy atom. The zero-order valence-electron chi connectivity index (χ0n) is 23.0. The van der Waals surface area contributed by atoms with E-state index in [1.807, 2.05) is 26.0 Å². The minimum absolute atomic E-state index is 0.0666. The topological polar surface area (TPSA) is 139 Å². The molecule has 3 aromatic rings. The van der Waals surface area contributed by atoms with Gasteiger partial charge in [0, 0.05) is 11.0 Å². The molecule has 3 aliphatic rings. The van der Waals surface area contributed by atoms with Gasteiger partial charge >= 0.3 is 0 Å². The number of rotatable bonds is 2. The second kappa shape index (κ2) is 12.7. The van der Waals surface area contributed by atoms with Crippen LogP contribution in [0.15, 0.2) is 88.2 Å². The summed E-state index contributed by atoms with van der Waals surface area (Å²) in [5.74, 6) is 2.05. The summed E-state index contributed by atoms with van der Waals surface area (Å²) in [6.45, 7) is 7.47. The van der Waals surface area contributed by atoms with Gasteiger partial charge in [-0.3, -0.25) is 9.11 Å². The molecule has 0 atom stereocenters. The molecule has 220 valence electrons. The summed E-state index contributed by atoms with van der Waals surface area (Å²) in [5, 5.41) is 3.44. The maximum atomic E-state index is 10.5. The molecule has 3 N–H and O–H groups in total. The van der Waals surface area contributed by atoms with Gasteiger partial charge in [0.1, 0.15) is 18.1 Å². The highest BCUT2D eigenvalue weighted by atomic mass is 32.2. The molecule has 3 aromatic carbocycles. The van der Waals surface area contributed by atoms with E-state index < -0.39 is 20.2 Å². The third-order valence-electron chi connectivity index (χ3n) is 7.27. The number of hydrogen-bond acceptors (Lipinski definition) is 7. The van der Waals surface area contributed by atoms with Gasteiger partial charge in [0.2, 0.25) is 0 Å². The van der Waals surface area contributed by atoms with E-state index >= 15 is 0 Å². The SMILES string of the molecule is Cc1ccc(S(=O)(=O)O)cc1.Cc1ccc(S(=O)(=O)O)cc1.c1ccc2c(c1)OCC1=C2OCC2(CCNCC2)C1. The Bertz CT molecular complexity index is 1520. The molecule has 0 aromatic heterocycles. The van der Waals surface area contributed by atoms with Crippen molar-refractivity contribution in [2.45, 2.75) is 42.9 Å². The van der Waals surface area contributed by atoms with Gasteiger partial charge in [-0.15, -0.1) is 0 Å². The Kier molecular flexibility index (Phi) is 9.55. The standard InChI is InChI=1S/C16H19NO2.2C7H8O3S/c1-2-4-14-13(3-1)15-12(10-18-14)9-16(11-19-15)5-7-17-8-6-16;2*1-6-2-4-7(5-3-6)11(8,9)10/h1-4,17H,5-11H2;2*2-5H,1H3,(H,8,9,10). The first-order valence-electron chi connectivity index (χ1n) is 13.2. The van der Waals surface area contributed by atoms with Gasteiger partial charge in [0.15, 0.2) is 0 Å².